The number of ether oxygens (including phenoxy) is 1. The van der Waals surface area contributed by atoms with Gasteiger partial charge in [0.15, 0.2) is 5.69 Å². The first-order valence-electron chi connectivity index (χ1n) is 7.11. The Balaban J connectivity index is 2.45. The second kappa shape index (κ2) is 6.61. The highest BCUT2D eigenvalue weighted by Gasteiger charge is 2.28. The molecule has 8 nitrogen and oxygen atoms in total. The fourth-order valence-corrected chi connectivity index (χ4v) is 2.64. The molecule has 2 rings (SSSR count). The summed E-state index contributed by atoms with van der Waals surface area (Å²) in [5.41, 5.74) is 5.56. The smallest absolute Gasteiger partial charge is 0.297 e. The normalized spacial score (nSPS) is 15.6. The number of anilines is 1. The van der Waals surface area contributed by atoms with Crippen molar-refractivity contribution in [3.05, 3.63) is 27.8 Å². The molecule has 0 saturated carbocycles. The monoisotopic (exact) mass is 308 g/mol. The molecule has 1 aromatic carbocycles. The summed E-state index contributed by atoms with van der Waals surface area (Å²) in [5.74, 6) is -0.420. The minimum absolute atomic E-state index is 0.0690. The fourth-order valence-electron chi connectivity index (χ4n) is 2.64. The third-order valence-corrected chi connectivity index (χ3v) is 3.89. The van der Waals surface area contributed by atoms with Crippen molar-refractivity contribution in [3.63, 3.8) is 0 Å². The van der Waals surface area contributed by atoms with E-state index in [0.29, 0.717) is 24.5 Å². The Morgan fingerprint density at radius 1 is 1.36 bits per heavy atom. The molecule has 1 aromatic rings. The highest BCUT2D eigenvalue weighted by atomic mass is 16.6. The molecule has 1 heterocycles. The van der Waals surface area contributed by atoms with Gasteiger partial charge in [0.2, 0.25) is 5.91 Å². The zero-order chi connectivity index (χ0) is 16.3. The molecule has 1 aliphatic heterocycles. The molecule has 1 saturated heterocycles. The standard InChI is InChI=1S/C14H20N4O4/c1-3-16-4-6-17(7-5-16)13-11(18(20)21)8-10(14(15)19)9-12(13)22-2/h8-9H,3-7H2,1-2H3,(H2,15,19). The molecular formula is C14H20N4O4. The molecule has 1 aliphatic rings. The molecule has 0 spiro atoms. The van der Waals surface area contributed by atoms with Crippen LogP contribution in [0.15, 0.2) is 12.1 Å². The lowest BCUT2D eigenvalue weighted by Crippen LogP contribution is -2.46. The van der Waals surface area contributed by atoms with Crippen LogP contribution >= 0.6 is 0 Å². The number of benzene rings is 1. The van der Waals surface area contributed by atoms with Crippen LogP contribution in [-0.2, 0) is 0 Å². The van der Waals surface area contributed by atoms with Gasteiger partial charge in [-0.3, -0.25) is 14.9 Å². The Labute approximate surface area is 128 Å². The molecule has 120 valence electrons. The van der Waals surface area contributed by atoms with Gasteiger partial charge < -0.3 is 20.3 Å². The highest BCUT2D eigenvalue weighted by molar-refractivity contribution is 5.95. The number of hydrogen-bond acceptors (Lipinski definition) is 6. The number of carbonyl (C=O) groups excluding carboxylic acids is 1. The SMILES string of the molecule is CCN1CCN(c2c(OC)cc(C(N)=O)cc2[N+](=O)[O-])CC1. The Kier molecular flexibility index (Phi) is 4.81. The molecule has 0 unspecified atom stereocenters. The average molecular weight is 308 g/mol. The number of nitro benzene ring substituents is 1. The van der Waals surface area contributed by atoms with Gasteiger partial charge in [0.25, 0.3) is 5.69 Å². The van der Waals surface area contributed by atoms with E-state index >= 15 is 0 Å². The molecule has 0 aliphatic carbocycles. The fraction of sp³-hybridized carbons (Fsp3) is 0.500. The average Bonchev–Trinajstić information content (AvgIpc) is 2.53. The van der Waals surface area contributed by atoms with Crippen LogP contribution in [0.25, 0.3) is 0 Å². The lowest BCUT2D eigenvalue weighted by atomic mass is 10.1. The Morgan fingerprint density at radius 3 is 2.45 bits per heavy atom. The molecule has 2 N–H and O–H groups in total. The Bertz CT molecular complexity index is 582. The summed E-state index contributed by atoms with van der Waals surface area (Å²) in [6, 6.07) is 2.67. The number of likely N-dealkylation sites (N-methyl/N-ethyl adjacent to an activating group) is 1. The molecular weight excluding hydrogens is 288 g/mol. The van der Waals surface area contributed by atoms with Gasteiger partial charge >= 0.3 is 0 Å². The quantitative estimate of drug-likeness (QED) is 0.639. The Morgan fingerprint density at radius 2 is 2.00 bits per heavy atom. The minimum Gasteiger partial charge on any atom is -0.494 e. The van der Waals surface area contributed by atoms with Gasteiger partial charge in [-0.15, -0.1) is 0 Å². The minimum atomic E-state index is -0.719. The van der Waals surface area contributed by atoms with E-state index in [4.69, 9.17) is 10.5 Å². The number of nitrogens with zero attached hydrogens (tertiary/aromatic N) is 3. The van der Waals surface area contributed by atoms with E-state index in [1.165, 1.54) is 19.2 Å². The summed E-state index contributed by atoms with van der Waals surface area (Å²) < 4.78 is 5.27. The first-order valence-corrected chi connectivity index (χ1v) is 7.11. The van der Waals surface area contributed by atoms with Crippen molar-refractivity contribution in [2.45, 2.75) is 6.92 Å². The van der Waals surface area contributed by atoms with E-state index in [1.54, 1.807) is 0 Å². The lowest BCUT2D eigenvalue weighted by Gasteiger charge is -2.35. The van der Waals surface area contributed by atoms with E-state index in [9.17, 15) is 14.9 Å². The van der Waals surface area contributed by atoms with Crippen LogP contribution in [0, 0.1) is 10.1 Å². The topological polar surface area (TPSA) is 102 Å². The Hall–Kier alpha value is -2.35. The molecule has 0 aromatic heterocycles. The molecule has 0 bridgehead atoms. The second-order valence-corrected chi connectivity index (χ2v) is 5.09. The number of nitrogens with two attached hydrogens (primary N) is 1. The lowest BCUT2D eigenvalue weighted by molar-refractivity contribution is -0.384. The van der Waals surface area contributed by atoms with E-state index in [2.05, 4.69) is 11.8 Å². The highest BCUT2D eigenvalue weighted by Crippen LogP contribution is 2.39. The predicted octanol–water partition coefficient (Wildman–Crippen LogP) is 0.844. The van der Waals surface area contributed by atoms with Crippen molar-refractivity contribution < 1.29 is 14.5 Å². The summed E-state index contributed by atoms with van der Waals surface area (Å²) >= 11 is 0. The van der Waals surface area contributed by atoms with Gasteiger partial charge in [-0.1, -0.05) is 6.92 Å². The van der Waals surface area contributed by atoms with Gasteiger partial charge in [-0.25, -0.2) is 0 Å². The van der Waals surface area contributed by atoms with Gasteiger partial charge in [0.05, 0.1) is 12.0 Å². The van der Waals surface area contributed by atoms with Crippen molar-refractivity contribution in [1.82, 2.24) is 4.90 Å². The van der Waals surface area contributed by atoms with Crippen molar-refractivity contribution in [2.24, 2.45) is 5.73 Å². The molecule has 22 heavy (non-hydrogen) atoms. The maximum Gasteiger partial charge on any atom is 0.297 e. The first kappa shape index (κ1) is 16.0. The number of rotatable bonds is 5. The molecule has 1 fully saturated rings. The van der Waals surface area contributed by atoms with E-state index in [1.807, 2.05) is 4.90 Å². The van der Waals surface area contributed by atoms with Crippen molar-refractivity contribution >= 4 is 17.3 Å². The second-order valence-electron chi connectivity index (χ2n) is 5.09. The molecule has 1 amide bonds. The summed E-state index contributed by atoms with van der Waals surface area (Å²) in [6.45, 7) is 6.03. The molecule has 8 heteroatoms. The number of piperazine rings is 1. The third-order valence-electron chi connectivity index (χ3n) is 3.89. The van der Waals surface area contributed by atoms with Crippen LogP contribution in [0.1, 0.15) is 17.3 Å². The summed E-state index contributed by atoms with van der Waals surface area (Å²) in [7, 11) is 1.43. The van der Waals surface area contributed by atoms with Gasteiger partial charge in [0.1, 0.15) is 5.75 Å². The summed E-state index contributed by atoms with van der Waals surface area (Å²) in [5, 5.41) is 11.4. The number of nitro groups is 1. The van der Waals surface area contributed by atoms with Crippen LogP contribution in [-0.4, -0.2) is 55.6 Å². The zero-order valence-electron chi connectivity index (χ0n) is 12.7. The largest absolute Gasteiger partial charge is 0.494 e. The van der Waals surface area contributed by atoms with Gasteiger partial charge in [0, 0.05) is 37.8 Å². The van der Waals surface area contributed by atoms with E-state index in [-0.39, 0.29) is 11.3 Å². The summed E-state index contributed by atoms with van der Waals surface area (Å²) in [6.07, 6.45) is 0. The number of hydrogen-bond donors (Lipinski definition) is 1. The van der Waals surface area contributed by atoms with Gasteiger partial charge in [-0.05, 0) is 12.6 Å². The van der Waals surface area contributed by atoms with Crippen LogP contribution in [0.4, 0.5) is 11.4 Å². The van der Waals surface area contributed by atoms with E-state index < -0.39 is 10.8 Å². The maximum absolute atomic E-state index is 11.4. The zero-order valence-corrected chi connectivity index (χ0v) is 12.7. The van der Waals surface area contributed by atoms with Crippen molar-refractivity contribution in [1.29, 1.82) is 0 Å². The van der Waals surface area contributed by atoms with Crippen LogP contribution < -0.4 is 15.4 Å². The molecule has 0 radical (unpaired) electrons. The first-order chi connectivity index (χ1) is 10.5. The van der Waals surface area contributed by atoms with Crippen molar-refractivity contribution in [2.75, 3.05) is 44.7 Å². The molecule has 0 atom stereocenters. The van der Waals surface area contributed by atoms with E-state index in [0.717, 1.165) is 19.6 Å². The third kappa shape index (κ3) is 3.11. The number of primary amides is 1. The summed E-state index contributed by atoms with van der Waals surface area (Å²) in [4.78, 5) is 26.4. The van der Waals surface area contributed by atoms with Crippen molar-refractivity contribution in [3.8, 4) is 5.75 Å². The number of methoxy groups -OCH3 is 1. The predicted molar refractivity (Wildman–Crippen MR) is 82.5 cm³/mol. The van der Waals surface area contributed by atoms with Gasteiger partial charge in [-0.2, -0.15) is 0 Å². The maximum atomic E-state index is 11.4. The van der Waals surface area contributed by atoms with Crippen LogP contribution in [0.2, 0.25) is 0 Å². The number of carbonyl (C=O) groups is 1. The van der Waals surface area contributed by atoms with Crippen LogP contribution in [0.5, 0.6) is 5.75 Å². The van der Waals surface area contributed by atoms with Crippen LogP contribution in [0.3, 0.4) is 0 Å². The number of amides is 1.